The minimum atomic E-state index is -4.54. The second-order valence-corrected chi connectivity index (χ2v) is 13.8. The average Bonchev–Trinajstić information content (AvgIpc) is 3.63. The molecule has 1 saturated heterocycles. The number of oxazole rings is 1. The van der Waals surface area contributed by atoms with Gasteiger partial charge in [0.2, 0.25) is 11.8 Å². The second kappa shape index (κ2) is 11.0. The number of hydrogen-bond acceptors (Lipinski definition) is 8. The fourth-order valence-corrected chi connectivity index (χ4v) is 7.07. The summed E-state index contributed by atoms with van der Waals surface area (Å²) in [5.74, 6) is -0.362. The summed E-state index contributed by atoms with van der Waals surface area (Å²) in [4.78, 5) is 24.1. The Balaban J connectivity index is 1.35. The molecule has 2 saturated carbocycles. The summed E-state index contributed by atoms with van der Waals surface area (Å²) in [6, 6.07) is 11.8. The van der Waals surface area contributed by atoms with Gasteiger partial charge in [-0.2, -0.15) is 18.4 Å². The van der Waals surface area contributed by atoms with Crippen molar-refractivity contribution in [1.82, 2.24) is 15.3 Å². The summed E-state index contributed by atoms with van der Waals surface area (Å²) in [5, 5.41) is 12.4. The first-order valence-corrected chi connectivity index (χ1v) is 16.1. The monoisotopic (exact) mass is 613 g/mol. The minimum absolute atomic E-state index is 0.0458. The number of anilines is 1. The lowest BCUT2D eigenvalue weighted by Crippen LogP contribution is -2.42. The molecule has 2 aliphatic carbocycles. The maximum Gasteiger partial charge on any atom is 0.417 e. The molecule has 2 aromatic heterocycles. The van der Waals surface area contributed by atoms with E-state index in [1.165, 1.54) is 6.07 Å². The van der Waals surface area contributed by atoms with Crippen LogP contribution in [0.5, 0.6) is 0 Å². The van der Waals surface area contributed by atoms with Gasteiger partial charge >= 0.3 is 6.18 Å². The molecule has 3 fully saturated rings. The standard InChI is InChI=1S/C30H30F3N5O4S/c31-30(32,33)20-7-10-24(35-17-20)28-36-25(19-5-8-21(9-6-19)38-13-15-43(40,41)16-14-38)26(42-28)22-3-1-2-4-23(22)27(39)37-29(18-34)11-12-29/h5-10,17,22-23H,1-4,11-16H2,(H,37,39)/t22-,23-/m1/s1. The summed E-state index contributed by atoms with van der Waals surface area (Å²) in [6.07, 6.45) is 0.346. The molecule has 1 amide bonds. The van der Waals surface area contributed by atoms with Gasteiger partial charge < -0.3 is 14.6 Å². The van der Waals surface area contributed by atoms with E-state index in [1.807, 2.05) is 29.2 Å². The van der Waals surface area contributed by atoms with Gasteiger partial charge in [0.05, 0.1) is 23.1 Å². The third-order valence-electron chi connectivity index (χ3n) is 8.58. The van der Waals surface area contributed by atoms with E-state index in [2.05, 4.69) is 21.4 Å². The van der Waals surface area contributed by atoms with E-state index in [4.69, 9.17) is 4.42 Å². The highest BCUT2D eigenvalue weighted by Crippen LogP contribution is 2.45. The molecule has 2 atom stereocenters. The maximum atomic E-state index is 13.4. The summed E-state index contributed by atoms with van der Waals surface area (Å²) in [5.41, 5.74) is 0.433. The van der Waals surface area contributed by atoms with Crippen molar-refractivity contribution in [2.24, 2.45) is 5.92 Å². The van der Waals surface area contributed by atoms with Gasteiger partial charge in [-0.25, -0.2) is 13.4 Å². The van der Waals surface area contributed by atoms with Crippen LogP contribution in [0.3, 0.4) is 0 Å². The molecule has 3 aromatic rings. The maximum absolute atomic E-state index is 13.4. The molecule has 0 bridgehead atoms. The van der Waals surface area contributed by atoms with Crippen LogP contribution in [0.4, 0.5) is 18.9 Å². The Morgan fingerprint density at radius 2 is 1.77 bits per heavy atom. The molecule has 3 heterocycles. The van der Waals surface area contributed by atoms with Crippen molar-refractivity contribution >= 4 is 21.4 Å². The fraction of sp³-hybridized carbons (Fsp3) is 0.467. The number of amides is 1. The van der Waals surface area contributed by atoms with E-state index < -0.39 is 33.0 Å². The number of rotatable bonds is 6. The second-order valence-electron chi connectivity index (χ2n) is 11.5. The zero-order valence-corrected chi connectivity index (χ0v) is 24.0. The predicted molar refractivity (Wildman–Crippen MR) is 151 cm³/mol. The van der Waals surface area contributed by atoms with Crippen molar-refractivity contribution in [3.63, 3.8) is 0 Å². The van der Waals surface area contributed by atoms with E-state index in [9.17, 15) is 31.6 Å². The third-order valence-corrected chi connectivity index (χ3v) is 10.2. The highest BCUT2D eigenvalue weighted by molar-refractivity contribution is 7.91. The van der Waals surface area contributed by atoms with Crippen LogP contribution >= 0.6 is 0 Å². The van der Waals surface area contributed by atoms with E-state index >= 15 is 0 Å². The van der Waals surface area contributed by atoms with Gasteiger partial charge in [0.15, 0.2) is 9.84 Å². The van der Waals surface area contributed by atoms with Crippen molar-refractivity contribution in [1.29, 1.82) is 5.26 Å². The van der Waals surface area contributed by atoms with Crippen molar-refractivity contribution in [3.8, 4) is 28.9 Å². The number of nitriles is 1. The molecule has 0 radical (unpaired) electrons. The zero-order valence-electron chi connectivity index (χ0n) is 23.2. The highest BCUT2D eigenvalue weighted by Gasteiger charge is 2.47. The molecule has 43 heavy (non-hydrogen) atoms. The van der Waals surface area contributed by atoms with Gasteiger partial charge in [-0.15, -0.1) is 0 Å². The molecule has 0 spiro atoms. The number of benzene rings is 1. The molecule has 6 rings (SSSR count). The molecule has 226 valence electrons. The summed E-state index contributed by atoms with van der Waals surface area (Å²) in [7, 11) is -3.03. The van der Waals surface area contributed by atoms with Crippen LogP contribution in [0, 0.1) is 17.2 Å². The van der Waals surface area contributed by atoms with Crippen LogP contribution in [0.25, 0.3) is 22.8 Å². The van der Waals surface area contributed by atoms with Gasteiger partial charge in [-0.3, -0.25) is 9.78 Å². The number of halogens is 3. The highest BCUT2D eigenvalue weighted by atomic mass is 32.2. The van der Waals surface area contributed by atoms with E-state index in [0.717, 1.165) is 30.8 Å². The zero-order chi connectivity index (χ0) is 30.4. The van der Waals surface area contributed by atoms with E-state index in [1.54, 1.807) is 0 Å². The molecule has 3 aliphatic rings. The fourth-order valence-electron chi connectivity index (χ4n) is 5.87. The molecular formula is C30H30F3N5O4S. The number of carbonyl (C=O) groups is 1. The SMILES string of the molecule is N#CC1(NC(=O)[C@@H]2CCCC[C@H]2c2oc(-c3ccc(C(F)(F)F)cn3)nc2-c2ccc(N3CCS(=O)(=O)CC3)cc2)CC1. The number of carbonyl (C=O) groups excluding carboxylic acids is 1. The van der Waals surface area contributed by atoms with Gasteiger partial charge in [0.25, 0.3) is 0 Å². The average molecular weight is 614 g/mol. The van der Waals surface area contributed by atoms with Crippen LogP contribution in [0.2, 0.25) is 0 Å². The Bertz CT molecular complexity index is 1650. The number of sulfone groups is 1. The Kier molecular flexibility index (Phi) is 7.44. The molecule has 1 aliphatic heterocycles. The van der Waals surface area contributed by atoms with Gasteiger partial charge in [0.1, 0.15) is 22.7 Å². The molecular weight excluding hydrogens is 583 g/mol. The number of aromatic nitrogens is 2. The first-order chi connectivity index (χ1) is 20.5. The van der Waals surface area contributed by atoms with Crippen LogP contribution in [0.15, 0.2) is 47.0 Å². The minimum Gasteiger partial charge on any atom is -0.439 e. The van der Waals surface area contributed by atoms with Crippen molar-refractivity contribution in [2.45, 2.75) is 56.2 Å². The van der Waals surface area contributed by atoms with Gasteiger partial charge in [0, 0.05) is 42.4 Å². The smallest absolute Gasteiger partial charge is 0.417 e. The predicted octanol–water partition coefficient (Wildman–Crippen LogP) is 5.10. The summed E-state index contributed by atoms with van der Waals surface area (Å²) >= 11 is 0. The lowest BCUT2D eigenvalue weighted by molar-refractivity contribution is -0.137. The van der Waals surface area contributed by atoms with Gasteiger partial charge in [-0.05, 0) is 49.9 Å². The van der Waals surface area contributed by atoms with Crippen molar-refractivity contribution in [3.05, 3.63) is 53.9 Å². The van der Waals surface area contributed by atoms with Crippen molar-refractivity contribution < 1.29 is 30.8 Å². The molecule has 0 unspecified atom stereocenters. The largest absolute Gasteiger partial charge is 0.439 e. The lowest BCUT2D eigenvalue weighted by atomic mass is 9.76. The first-order valence-electron chi connectivity index (χ1n) is 14.3. The number of alkyl halides is 3. The molecule has 13 heteroatoms. The number of hydrogen-bond donors (Lipinski definition) is 1. The van der Waals surface area contributed by atoms with Crippen LogP contribution in [-0.2, 0) is 20.8 Å². The quantitative estimate of drug-likeness (QED) is 0.407. The third kappa shape index (κ3) is 6.11. The molecule has 1 aromatic carbocycles. The Labute approximate surface area is 247 Å². The van der Waals surface area contributed by atoms with Crippen LogP contribution in [-0.4, -0.2) is 54.4 Å². The molecule has 1 N–H and O–H groups in total. The lowest BCUT2D eigenvalue weighted by Gasteiger charge is -2.30. The summed E-state index contributed by atoms with van der Waals surface area (Å²) < 4.78 is 69.5. The Hall–Kier alpha value is -3.92. The van der Waals surface area contributed by atoms with Crippen LogP contribution < -0.4 is 10.2 Å². The van der Waals surface area contributed by atoms with Crippen LogP contribution in [0.1, 0.15) is 55.8 Å². The normalized spacial score (nSPS) is 22.9. The molecule has 9 nitrogen and oxygen atoms in total. The number of nitrogens with one attached hydrogen (secondary N) is 1. The van der Waals surface area contributed by atoms with E-state index in [0.29, 0.717) is 55.8 Å². The Morgan fingerprint density at radius 1 is 1.07 bits per heavy atom. The van der Waals surface area contributed by atoms with Gasteiger partial charge in [-0.1, -0.05) is 25.0 Å². The van der Waals surface area contributed by atoms with E-state index in [-0.39, 0.29) is 34.9 Å². The Morgan fingerprint density at radius 3 is 2.37 bits per heavy atom. The number of nitrogens with zero attached hydrogens (tertiary/aromatic N) is 4. The topological polar surface area (TPSA) is 129 Å². The summed E-state index contributed by atoms with van der Waals surface area (Å²) in [6.45, 7) is 0.785. The number of pyridine rings is 1. The van der Waals surface area contributed by atoms with Crippen molar-refractivity contribution in [2.75, 3.05) is 29.5 Å². The first kappa shape index (κ1) is 29.2.